The summed E-state index contributed by atoms with van der Waals surface area (Å²) in [7, 11) is 2.17. The maximum Gasteiger partial charge on any atom is 0.420 e. The first-order valence-corrected chi connectivity index (χ1v) is 11.6. The molecule has 1 fully saturated rings. The topological polar surface area (TPSA) is 50.6 Å². The number of aryl methyl sites for hydroxylation is 1. The molecule has 0 amide bonds. The lowest BCUT2D eigenvalue weighted by Crippen LogP contribution is -2.44. The maximum atomic E-state index is 12.6. The Kier molecular flexibility index (Phi) is 6.00. The summed E-state index contributed by atoms with van der Waals surface area (Å²) in [5.41, 5.74) is 4.81. The van der Waals surface area contributed by atoms with E-state index in [4.69, 9.17) is 4.74 Å². The van der Waals surface area contributed by atoms with Crippen molar-refractivity contribution >= 4 is 45.4 Å². The van der Waals surface area contributed by atoms with Gasteiger partial charge in [0.15, 0.2) is 5.65 Å². The lowest BCUT2D eigenvalue weighted by atomic mass is 10.0. The summed E-state index contributed by atoms with van der Waals surface area (Å²) in [5, 5.41) is 0.949. The van der Waals surface area contributed by atoms with Gasteiger partial charge in [0.2, 0.25) is 0 Å². The quantitative estimate of drug-likeness (QED) is 0.428. The first kappa shape index (κ1) is 22.1. The summed E-state index contributed by atoms with van der Waals surface area (Å²) in [4.78, 5) is 22.0. The Morgan fingerprint density at radius 2 is 1.81 bits per heavy atom. The zero-order valence-corrected chi connectivity index (χ0v) is 20.9. The number of rotatable bonds is 2. The van der Waals surface area contributed by atoms with Crippen LogP contribution in [0.15, 0.2) is 36.7 Å². The molecule has 1 aromatic carbocycles. The molecule has 0 aliphatic carbocycles. The standard InChI is InChI=1S/C24H29IN4O2/c1-16-12-17(6-7-21(16)28-10-8-27(5)9-11-28)18-13-19-20(25)15-29(22(19)26-14-18)23(30)31-24(2,3)4/h6-7,12-15H,8-11H2,1-5H3. The lowest BCUT2D eigenvalue weighted by Gasteiger charge is -2.35. The zero-order valence-electron chi connectivity index (χ0n) is 18.8. The maximum absolute atomic E-state index is 12.6. The molecule has 1 aliphatic heterocycles. The summed E-state index contributed by atoms with van der Waals surface area (Å²) < 4.78 is 7.99. The van der Waals surface area contributed by atoms with Gasteiger partial charge in [0.05, 0.1) is 0 Å². The van der Waals surface area contributed by atoms with Gasteiger partial charge in [0.1, 0.15) is 5.60 Å². The number of ether oxygens (including phenoxy) is 1. The van der Waals surface area contributed by atoms with E-state index in [0.29, 0.717) is 5.65 Å². The van der Waals surface area contributed by atoms with E-state index in [1.807, 2.05) is 27.0 Å². The van der Waals surface area contributed by atoms with Crippen molar-refractivity contribution in [3.05, 3.63) is 45.8 Å². The van der Waals surface area contributed by atoms with E-state index in [1.165, 1.54) is 15.8 Å². The molecule has 1 aliphatic rings. The van der Waals surface area contributed by atoms with Crippen LogP contribution in [0.25, 0.3) is 22.2 Å². The van der Waals surface area contributed by atoms with Crippen molar-refractivity contribution in [3.63, 3.8) is 0 Å². The Balaban J connectivity index is 1.64. The van der Waals surface area contributed by atoms with E-state index in [9.17, 15) is 4.79 Å². The number of anilines is 1. The molecule has 3 heterocycles. The molecule has 0 unspecified atom stereocenters. The molecule has 0 N–H and O–H groups in total. The van der Waals surface area contributed by atoms with Crippen LogP contribution in [0.4, 0.5) is 10.5 Å². The van der Waals surface area contributed by atoms with Crippen molar-refractivity contribution < 1.29 is 9.53 Å². The zero-order chi connectivity index (χ0) is 22.3. The molecule has 7 heteroatoms. The molecule has 1 saturated heterocycles. The van der Waals surface area contributed by atoms with E-state index in [1.54, 1.807) is 6.20 Å². The van der Waals surface area contributed by atoms with Crippen molar-refractivity contribution in [3.8, 4) is 11.1 Å². The molecule has 31 heavy (non-hydrogen) atoms. The van der Waals surface area contributed by atoms with E-state index >= 15 is 0 Å². The molecule has 0 radical (unpaired) electrons. The Hall–Kier alpha value is -2.13. The van der Waals surface area contributed by atoms with Crippen LogP contribution in [-0.2, 0) is 4.74 Å². The second-order valence-corrected chi connectivity index (χ2v) is 10.4. The highest BCUT2D eigenvalue weighted by atomic mass is 127. The summed E-state index contributed by atoms with van der Waals surface area (Å²) in [6.07, 6.45) is 3.22. The minimum Gasteiger partial charge on any atom is -0.443 e. The van der Waals surface area contributed by atoms with Gasteiger partial charge in [-0.3, -0.25) is 0 Å². The highest BCUT2D eigenvalue weighted by molar-refractivity contribution is 14.1. The number of carbonyl (C=O) groups excluding carboxylic acids is 1. The monoisotopic (exact) mass is 532 g/mol. The summed E-state index contributed by atoms with van der Waals surface area (Å²) in [6, 6.07) is 8.72. The molecule has 164 valence electrons. The molecule has 0 atom stereocenters. The predicted octanol–water partition coefficient (Wildman–Crippen LogP) is 5.15. The van der Waals surface area contributed by atoms with Gasteiger partial charge in [0, 0.05) is 58.8 Å². The minimum absolute atomic E-state index is 0.409. The third-order valence-corrected chi connectivity index (χ3v) is 6.42. The molecular weight excluding hydrogens is 503 g/mol. The van der Waals surface area contributed by atoms with Gasteiger partial charge in [-0.2, -0.15) is 0 Å². The van der Waals surface area contributed by atoms with Gasteiger partial charge < -0.3 is 14.5 Å². The van der Waals surface area contributed by atoms with Crippen LogP contribution >= 0.6 is 22.6 Å². The molecular formula is C24H29IN4O2. The molecule has 4 rings (SSSR count). The smallest absolute Gasteiger partial charge is 0.420 e. The van der Waals surface area contributed by atoms with Gasteiger partial charge in [-0.25, -0.2) is 14.3 Å². The number of fused-ring (bicyclic) bond motifs is 1. The van der Waals surface area contributed by atoms with Gasteiger partial charge in [0.25, 0.3) is 0 Å². The number of benzene rings is 1. The molecule has 0 saturated carbocycles. The van der Waals surface area contributed by atoms with E-state index in [2.05, 4.69) is 75.6 Å². The molecule has 0 bridgehead atoms. The average molecular weight is 532 g/mol. The number of piperazine rings is 1. The Morgan fingerprint density at radius 3 is 2.45 bits per heavy atom. The summed E-state index contributed by atoms with van der Waals surface area (Å²) in [6.45, 7) is 12.1. The molecule has 2 aromatic heterocycles. The fraction of sp³-hybridized carbons (Fsp3) is 0.417. The first-order valence-electron chi connectivity index (χ1n) is 10.6. The Labute approximate surface area is 197 Å². The Morgan fingerprint density at radius 1 is 1.10 bits per heavy atom. The van der Waals surface area contributed by atoms with Crippen LogP contribution in [0.1, 0.15) is 26.3 Å². The summed E-state index contributed by atoms with van der Waals surface area (Å²) >= 11 is 2.25. The van der Waals surface area contributed by atoms with Gasteiger partial charge in [-0.15, -0.1) is 0 Å². The number of hydrogen-bond donors (Lipinski definition) is 0. The van der Waals surface area contributed by atoms with Gasteiger partial charge in [-0.05, 0) is 86.7 Å². The Bertz CT molecular complexity index is 1120. The van der Waals surface area contributed by atoms with Gasteiger partial charge in [-0.1, -0.05) is 6.07 Å². The van der Waals surface area contributed by atoms with Crippen LogP contribution in [0.3, 0.4) is 0 Å². The highest BCUT2D eigenvalue weighted by Crippen LogP contribution is 2.31. The molecule has 0 spiro atoms. The second-order valence-electron chi connectivity index (χ2n) is 9.21. The van der Waals surface area contributed by atoms with Crippen molar-refractivity contribution in [1.29, 1.82) is 0 Å². The number of aromatic nitrogens is 2. The summed E-state index contributed by atoms with van der Waals surface area (Å²) in [5.74, 6) is 0. The number of hydrogen-bond acceptors (Lipinski definition) is 5. The van der Waals surface area contributed by atoms with Crippen molar-refractivity contribution in [2.75, 3.05) is 38.1 Å². The highest BCUT2D eigenvalue weighted by Gasteiger charge is 2.21. The van der Waals surface area contributed by atoms with E-state index in [0.717, 1.165) is 46.3 Å². The number of nitrogens with zero attached hydrogens (tertiary/aromatic N) is 4. The van der Waals surface area contributed by atoms with Crippen LogP contribution in [0.5, 0.6) is 0 Å². The van der Waals surface area contributed by atoms with Crippen molar-refractivity contribution in [2.24, 2.45) is 0 Å². The molecule has 3 aromatic rings. The third-order valence-electron chi connectivity index (χ3n) is 5.56. The fourth-order valence-corrected chi connectivity index (χ4v) is 4.59. The SMILES string of the molecule is Cc1cc(-c2cnc3c(c2)c(I)cn3C(=O)OC(C)(C)C)ccc1N1CCN(C)CC1. The van der Waals surface area contributed by atoms with Crippen LogP contribution in [0.2, 0.25) is 0 Å². The van der Waals surface area contributed by atoms with Crippen LogP contribution < -0.4 is 4.90 Å². The predicted molar refractivity (Wildman–Crippen MR) is 134 cm³/mol. The van der Waals surface area contributed by atoms with Crippen molar-refractivity contribution in [1.82, 2.24) is 14.5 Å². The normalized spacial score (nSPS) is 15.5. The number of carbonyl (C=O) groups is 1. The fourth-order valence-electron chi connectivity index (χ4n) is 3.91. The third kappa shape index (κ3) is 4.72. The van der Waals surface area contributed by atoms with Crippen LogP contribution in [0, 0.1) is 10.5 Å². The van der Waals surface area contributed by atoms with Crippen molar-refractivity contribution in [2.45, 2.75) is 33.3 Å². The number of halogens is 1. The van der Waals surface area contributed by atoms with E-state index in [-0.39, 0.29) is 0 Å². The molecule has 6 nitrogen and oxygen atoms in total. The number of likely N-dealkylation sites (N-methyl/N-ethyl adjacent to an activating group) is 1. The second kappa shape index (κ2) is 8.43. The minimum atomic E-state index is -0.553. The number of pyridine rings is 1. The average Bonchev–Trinajstić information content (AvgIpc) is 3.04. The first-order chi connectivity index (χ1) is 14.6. The lowest BCUT2D eigenvalue weighted by molar-refractivity contribution is 0.0543. The van der Waals surface area contributed by atoms with E-state index < -0.39 is 11.7 Å². The van der Waals surface area contributed by atoms with Crippen LogP contribution in [-0.4, -0.2) is 59.4 Å². The largest absolute Gasteiger partial charge is 0.443 e. The van der Waals surface area contributed by atoms with Gasteiger partial charge >= 0.3 is 6.09 Å².